The van der Waals surface area contributed by atoms with E-state index in [1.807, 2.05) is 0 Å². The van der Waals surface area contributed by atoms with E-state index in [-0.39, 0.29) is 0 Å². The molecule has 0 bridgehead atoms. The summed E-state index contributed by atoms with van der Waals surface area (Å²) in [5, 5.41) is 2.13. The third-order valence-electron chi connectivity index (χ3n) is 3.08. The molecule has 7 heteroatoms. The second-order valence-electron chi connectivity index (χ2n) is 5.41. The molecule has 22 heavy (non-hydrogen) atoms. The van der Waals surface area contributed by atoms with Gasteiger partial charge in [-0.3, -0.25) is 0 Å². The molecule has 2 aromatic rings. The Balaban J connectivity index is 0.000000422. The van der Waals surface area contributed by atoms with Gasteiger partial charge in [-0.2, -0.15) is 4.57 Å². The summed E-state index contributed by atoms with van der Waals surface area (Å²) in [7, 11) is -4.94. The average molecular weight is 346 g/mol. The summed E-state index contributed by atoms with van der Waals surface area (Å²) in [6.45, 7) is 9.04. The fourth-order valence-corrected chi connectivity index (χ4v) is 2.75. The van der Waals surface area contributed by atoms with E-state index >= 15 is 0 Å². The van der Waals surface area contributed by atoms with Crippen molar-refractivity contribution in [3.05, 3.63) is 46.4 Å². The van der Waals surface area contributed by atoms with Crippen molar-refractivity contribution in [2.45, 2.75) is 39.5 Å². The molecule has 0 aliphatic carbocycles. The molecule has 0 unspecified atom stereocenters. The summed E-state index contributed by atoms with van der Waals surface area (Å²) in [4.78, 5) is 0. The molecule has 0 spiro atoms. The maximum absolute atomic E-state index is 8.49. The zero-order chi connectivity index (χ0) is 16.9. The van der Waals surface area contributed by atoms with E-state index in [0.717, 1.165) is 0 Å². The maximum Gasteiger partial charge on any atom is 0.230 e. The quantitative estimate of drug-likeness (QED) is 0.701. The topological polar surface area (TPSA) is 96.1 Å². The minimum absolute atomic E-state index is 0.552. The molecule has 0 saturated carbocycles. The van der Waals surface area contributed by atoms with Gasteiger partial charge in [-0.1, -0.05) is 57.2 Å². The fourth-order valence-electron chi connectivity index (χ4n) is 2.17. The van der Waals surface area contributed by atoms with E-state index in [0.29, 0.717) is 11.8 Å². The van der Waals surface area contributed by atoms with Gasteiger partial charge < -0.3 is 0 Å². The van der Waals surface area contributed by atoms with Crippen molar-refractivity contribution >= 4 is 11.3 Å². The predicted molar refractivity (Wildman–Crippen MR) is 74.0 cm³/mol. The zero-order valence-corrected chi connectivity index (χ0v) is 14.6. The van der Waals surface area contributed by atoms with E-state index < -0.39 is 10.2 Å². The number of rotatable bonds is 3. The van der Waals surface area contributed by atoms with Crippen LogP contribution in [-0.2, 0) is 0 Å². The Morgan fingerprint density at radius 2 is 1.41 bits per heavy atom. The maximum atomic E-state index is 8.49. The van der Waals surface area contributed by atoms with Crippen molar-refractivity contribution < 1.29 is 33.4 Å². The van der Waals surface area contributed by atoms with Crippen LogP contribution in [0, 0.1) is 10.2 Å². The van der Waals surface area contributed by atoms with Gasteiger partial charge in [0.25, 0.3) is 0 Å². The lowest BCUT2D eigenvalue weighted by molar-refractivity contribution is -2.00. The Morgan fingerprint density at radius 3 is 1.73 bits per heavy atom. The molecular weight excluding hydrogens is 326 g/mol. The van der Waals surface area contributed by atoms with Crippen LogP contribution in [-0.4, -0.2) is 0 Å². The number of benzene rings is 1. The smallest absolute Gasteiger partial charge is 0.222 e. The number of para-hydroxylation sites is 1. The molecule has 1 aromatic heterocycles. The summed E-state index contributed by atoms with van der Waals surface area (Å²) in [5.74, 6) is 1.10. The molecule has 0 N–H and O–H groups in total. The third kappa shape index (κ3) is 6.00. The number of thiazole rings is 1. The first-order valence-electron chi connectivity index (χ1n) is 6.79. The van der Waals surface area contributed by atoms with Crippen LogP contribution < -0.4 is 23.2 Å². The van der Waals surface area contributed by atoms with Crippen LogP contribution in [0.4, 0.5) is 0 Å². The van der Waals surface area contributed by atoms with Crippen LogP contribution in [0.15, 0.2) is 35.3 Å². The highest BCUT2D eigenvalue weighted by molar-refractivity contribution is 7.07. The normalized spacial score (nSPS) is 11.5. The zero-order valence-electron chi connectivity index (χ0n) is 13.0. The molecule has 1 aromatic carbocycles. The van der Waals surface area contributed by atoms with Crippen molar-refractivity contribution in [2.24, 2.45) is 0 Å². The van der Waals surface area contributed by atoms with Crippen molar-refractivity contribution in [1.82, 2.24) is 0 Å². The molecule has 0 fully saturated rings. The fraction of sp³-hybridized carbons (Fsp3) is 0.400. The van der Waals surface area contributed by atoms with E-state index in [4.69, 9.17) is 18.6 Å². The van der Waals surface area contributed by atoms with Crippen LogP contribution >= 0.6 is 11.3 Å². The van der Waals surface area contributed by atoms with Crippen LogP contribution in [0.25, 0.3) is 5.69 Å². The van der Waals surface area contributed by atoms with Crippen LogP contribution in [0.2, 0.25) is 0 Å². The van der Waals surface area contributed by atoms with Gasteiger partial charge in [0.15, 0.2) is 6.20 Å². The minimum atomic E-state index is -4.94. The molecule has 0 radical (unpaired) electrons. The Bertz CT molecular complexity index is 547. The SMILES string of the molecule is CC(C)c1cccc(C(C)C)c1-[n+]1ccsc1.[O-][Cl+3]([O-])([O-])[O-]. The highest BCUT2D eigenvalue weighted by Crippen LogP contribution is 2.27. The van der Waals surface area contributed by atoms with Crippen molar-refractivity contribution in [3.8, 4) is 5.69 Å². The van der Waals surface area contributed by atoms with Crippen molar-refractivity contribution in [2.75, 3.05) is 0 Å². The standard InChI is InChI=1S/C15H20NS.ClHO4/c1-11(2)13-6-5-7-14(12(3)4)15(13)16-8-9-17-10-16;2-1(3,4)5/h5-12H,1-4H3;(H,2,3,4,5)/q+1;/p-1. The van der Waals surface area contributed by atoms with E-state index in [9.17, 15) is 0 Å². The van der Waals surface area contributed by atoms with Crippen LogP contribution in [0.5, 0.6) is 0 Å². The number of halogens is 1. The Labute approximate surface area is 136 Å². The second-order valence-corrected chi connectivity index (χ2v) is 6.92. The van der Waals surface area contributed by atoms with Gasteiger partial charge in [-0.05, 0) is 11.8 Å². The molecule has 5 nitrogen and oxygen atoms in total. The van der Waals surface area contributed by atoms with Crippen molar-refractivity contribution in [3.63, 3.8) is 0 Å². The molecular formula is C15H20ClNO4S. The molecule has 0 aliphatic heterocycles. The summed E-state index contributed by atoms with van der Waals surface area (Å²) in [6, 6.07) is 6.67. The first-order chi connectivity index (χ1) is 10.1. The average Bonchev–Trinajstić information content (AvgIpc) is 2.89. The third-order valence-corrected chi connectivity index (χ3v) is 3.70. The minimum Gasteiger partial charge on any atom is -0.222 e. The Hall–Kier alpha value is -1.02. The summed E-state index contributed by atoms with van der Waals surface area (Å²) >= 11 is 1.74. The number of aromatic nitrogens is 1. The second kappa shape index (κ2) is 8.01. The summed E-state index contributed by atoms with van der Waals surface area (Å²) < 4.78 is 36.2. The number of hydrogen-bond acceptors (Lipinski definition) is 5. The van der Waals surface area contributed by atoms with Crippen LogP contribution in [0.3, 0.4) is 0 Å². The van der Waals surface area contributed by atoms with Gasteiger partial charge in [0.2, 0.25) is 11.2 Å². The number of nitrogens with zero attached hydrogens (tertiary/aromatic N) is 1. The van der Waals surface area contributed by atoms with Crippen molar-refractivity contribution in [1.29, 1.82) is 0 Å². The lowest BCUT2D eigenvalue weighted by Crippen LogP contribution is -2.68. The predicted octanol–water partition coefficient (Wildman–Crippen LogP) is -0.484. The highest BCUT2D eigenvalue weighted by atomic mass is 35.7. The number of hydrogen-bond donors (Lipinski definition) is 0. The Morgan fingerprint density at radius 1 is 0.955 bits per heavy atom. The highest BCUT2D eigenvalue weighted by Gasteiger charge is 2.21. The molecule has 2 rings (SSSR count). The molecule has 0 saturated heterocycles. The largest absolute Gasteiger partial charge is 0.230 e. The monoisotopic (exact) mass is 345 g/mol. The molecule has 1 heterocycles. The summed E-state index contributed by atoms with van der Waals surface area (Å²) in [6.07, 6.45) is 2.15. The molecule has 122 valence electrons. The van der Waals surface area contributed by atoms with Gasteiger partial charge in [-0.15, -0.1) is 10.2 Å². The van der Waals surface area contributed by atoms with Gasteiger partial charge >= 0.3 is 0 Å². The summed E-state index contributed by atoms with van der Waals surface area (Å²) in [5.41, 5.74) is 6.41. The molecule has 0 aliphatic rings. The first-order valence-corrected chi connectivity index (χ1v) is 8.97. The van der Waals surface area contributed by atoms with E-state index in [2.05, 4.69) is 67.5 Å². The first kappa shape index (κ1) is 19.0. The van der Waals surface area contributed by atoms with Gasteiger partial charge in [0.1, 0.15) is 0 Å². The van der Waals surface area contributed by atoms with Gasteiger partial charge in [0.05, 0.1) is 5.38 Å². The van der Waals surface area contributed by atoms with E-state index in [1.165, 1.54) is 16.8 Å². The van der Waals surface area contributed by atoms with Gasteiger partial charge in [-0.25, -0.2) is 18.6 Å². The molecule has 0 amide bonds. The lowest BCUT2D eigenvalue weighted by atomic mass is 9.92. The van der Waals surface area contributed by atoms with Crippen LogP contribution in [0.1, 0.15) is 50.7 Å². The van der Waals surface area contributed by atoms with Gasteiger partial charge in [0, 0.05) is 11.1 Å². The van der Waals surface area contributed by atoms with E-state index in [1.54, 1.807) is 11.3 Å². The lowest BCUT2D eigenvalue weighted by Gasteiger charge is -2.17. The molecule has 0 atom stereocenters. The Kier molecular flexibility index (Phi) is 6.93.